The second-order valence-electron chi connectivity index (χ2n) is 4.99. The van der Waals surface area contributed by atoms with Crippen LogP contribution in [0.25, 0.3) is 11.1 Å². The maximum Gasteiger partial charge on any atom is 0.115 e. The van der Waals surface area contributed by atoms with Crippen molar-refractivity contribution in [2.45, 2.75) is 32.3 Å². The largest absolute Gasteiger partial charge is 0.508 e. The van der Waals surface area contributed by atoms with E-state index in [0.29, 0.717) is 5.75 Å². The minimum atomic E-state index is -0.212. The first kappa shape index (κ1) is 13.6. The van der Waals surface area contributed by atoms with Crippen LogP contribution in [0, 0.1) is 0 Å². The highest BCUT2D eigenvalue weighted by atomic mass is 16.3. The molecule has 2 N–H and O–H groups in total. The number of aliphatic hydroxyl groups is 1. The summed E-state index contributed by atoms with van der Waals surface area (Å²) in [6.07, 6.45) is 2.65. The highest BCUT2D eigenvalue weighted by Gasteiger charge is 2.00. The first-order valence-electron chi connectivity index (χ1n) is 6.71. The Morgan fingerprint density at radius 3 is 1.95 bits per heavy atom. The second-order valence-corrected chi connectivity index (χ2v) is 4.99. The number of phenols is 1. The van der Waals surface area contributed by atoms with Gasteiger partial charge in [0, 0.05) is 0 Å². The van der Waals surface area contributed by atoms with Crippen molar-refractivity contribution in [1.82, 2.24) is 0 Å². The van der Waals surface area contributed by atoms with Crippen molar-refractivity contribution in [3.05, 3.63) is 54.1 Å². The predicted octanol–water partition coefficient (Wildman–Crippen LogP) is 3.76. The maximum absolute atomic E-state index is 9.27. The number of phenolic OH excluding ortho intramolecular Hbond substituents is 1. The van der Waals surface area contributed by atoms with E-state index in [2.05, 4.69) is 24.3 Å². The Morgan fingerprint density at radius 1 is 0.895 bits per heavy atom. The van der Waals surface area contributed by atoms with Gasteiger partial charge in [-0.05, 0) is 55.0 Å². The van der Waals surface area contributed by atoms with Crippen LogP contribution in [0.1, 0.15) is 25.3 Å². The summed E-state index contributed by atoms with van der Waals surface area (Å²) in [4.78, 5) is 0. The zero-order valence-corrected chi connectivity index (χ0v) is 11.2. The molecule has 2 nitrogen and oxygen atoms in total. The molecule has 0 saturated heterocycles. The molecule has 0 saturated carbocycles. The van der Waals surface area contributed by atoms with E-state index in [-0.39, 0.29) is 6.10 Å². The summed E-state index contributed by atoms with van der Waals surface area (Å²) < 4.78 is 0. The maximum atomic E-state index is 9.27. The van der Waals surface area contributed by atoms with Crippen LogP contribution in [0.5, 0.6) is 5.75 Å². The molecule has 100 valence electrons. The summed E-state index contributed by atoms with van der Waals surface area (Å²) in [5.74, 6) is 0.290. The summed E-state index contributed by atoms with van der Waals surface area (Å²) in [6, 6.07) is 15.7. The van der Waals surface area contributed by atoms with Gasteiger partial charge in [0.25, 0.3) is 0 Å². The van der Waals surface area contributed by atoms with Gasteiger partial charge in [0.2, 0.25) is 0 Å². The summed E-state index contributed by atoms with van der Waals surface area (Å²) in [5.41, 5.74) is 3.55. The van der Waals surface area contributed by atoms with Crippen molar-refractivity contribution in [3.63, 3.8) is 0 Å². The van der Waals surface area contributed by atoms with Gasteiger partial charge in [-0.1, -0.05) is 36.4 Å². The van der Waals surface area contributed by atoms with Gasteiger partial charge in [0.05, 0.1) is 6.10 Å². The van der Waals surface area contributed by atoms with Gasteiger partial charge in [0.1, 0.15) is 5.75 Å². The molecule has 2 rings (SSSR count). The third-order valence-corrected chi connectivity index (χ3v) is 3.24. The normalized spacial score (nSPS) is 12.3. The molecule has 0 aromatic heterocycles. The van der Waals surface area contributed by atoms with Gasteiger partial charge in [-0.25, -0.2) is 0 Å². The Kier molecular flexibility index (Phi) is 4.58. The molecule has 0 amide bonds. The van der Waals surface area contributed by atoms with Gasteiger partial charge < -0.3 is 10.2 Å². The number of aliphatic hydroxyl groups excluding tert-OH is 1. The second kappa shape index (κ2) is 6.39. The van der Waals surface area contributed by atoms with Gasteiger partial charge in [-0.3, -0.25) is 0 Å². The SMILES string of the molecule is CC(O)CCCc1ccc(-c2ccc(O)cc2)cc1. The minimum absolute atomic E-state index is 0.212. The summed E-state index contributed by atoms with van der Waals surface area (Å²) >= 11 is 0. The fourth-order valence-electron chi connectivity index (χ4n) is 2.12. The van der Waals surface area contributed by atoms with Crippen LogP contribution in [0.15, 0.2) is 48.5 Å². The first-order valence-corrected chi connectivity index (χ1v) is 6.71. The Labute approximate surface area is 114 Å². The number of aromatic hydroxyl groups is 1. The fraction of sp³-hybridized carbons (Fsp3) is 0.294. The van der Waals surface area contributed by atoms with E-state index < -0.39 is 0 Å². The molecule has 0 heterocycles. The van der Waals surface area contributed by atoms with Crippen LogP contribution in [0.2, 0.25) is 0 Å². The summed E-state index contributed by atoms with van der Waals surface area (Å²) in [5, 5.41) is 18.5. The van der Waals surface area contributed by atoms with Crippen LogP contribution >= 0.6 is 0 Å². The third kappa shape index (κ3) is 4.11. The van der Waals surface area contributed by atoms with Crippen molar-refractivity contribution >= 4 is 0 Å². The van der Waals surface area contributed by atoms with Crippen LogP contribution < -0.4 is 0 Å². The van der Waals surface area contributed by atoms with E-state index in [1.54, 1.807) is 12.1 Å². The van der Waals surface area contributed by atoms with E-state index in [9.17, 15) is 10.2 Å². The Hall–Kier alpha value is -1.80. The number of rotatable bonds is 5. The number of hydrogen-bond acceptors (Lipinski definition) is 2. The number of benzene rings is 2. The quantitative estimate of drug-likeness (QED) is 0.855. The number of hydrogen-bond donors (Lipinski definition) is 2. The lowest BCUT2D eigenvalue weighted by atomic mass is 10.0. The van der Waals surface area contributed by atoms with Gasteiger partial charge in [0.15, 0.2) is 0 Å². The Morgan fingerprint density at radius 2 is 1.42 bits per heavy atom. The molecule has 2 aromatic rings. The predicted molar refractivity (Wildman–Crippen MR) is 78.2 cm³/mol. The fourth-order valence-corrected chi connectivity index (χ4v) is 2.12. The van der Waals surface area contributed by atoms with Crippen LogP contribution in [-0.4, -0.2) is 16.3 Å². The highest BCUT2D eigenvalue weighted by molar-refractivity contribution is 5.64. The lowest BCUT2D eigenvalue weighted by molar-refractivity contribution is 0.182. The van der Waals surface area contributed by atoms with Crippen LogP contribution in [-0.2, 0) is 6.42 Å². The number of aryl methyl sites for hydroxylation is 1. The van der Waals surface area contributed by atoms with E-state index in [0.717, 1.165) is 30.4 Å². The van der Waals surface area contributed by atoms with Crippen molar-refractivity contribution in [2.75, 3.05) is 0 Å². The Bertz CT molecular complexity index is 498. The molecule has 0 radical (unpaired) electrons. The molecule has 0 aliphatic rings. The Balaban J connectivity index is 2.00. The van der Waals surface area contributed by atoms with Gasteiger partial charge in [-0.2, -0.15) is 0 Å². The van der Waals surface area contributed by atoms with E-state index in [1.165, 1.54) is 5.56 Å². The molecule has 0 aliphatic heterocycles. The van der Waals surface area contributed by atoms with Crippen LogP contribution in [0.4, 0.5) is 0 Å². The smallest absolute Gasteiger partial charge is 0.115 e. The first-order chi connectivity index (χ1) is 9.15. The lowest BCUT2D eigenvalue weighted by Crippen LogP contribution is -1.99. The van der Waals surface area contributed by atoms with E-state index in [4.69, 9.17) is 0 Å². The summed E-state index contributed by atoms with van der Waals surface area (Å²) in [7, 11) is 0. The molecule has 2 heteroatoms. The monoisotopic (exact) mass is 256 g/mol. The average molecular weight is 256 g/mol. The molecule has 0 spiro atoms. The van der Waals surface area contributed by atoms with Crippen molar-refractivity contribution < 1.29 is 10.2 Å². The molecule has 19 heavy (non-hydrogen) atoms. The topological polar surface area (TPSA) is 40.5 Å². The third-order valence-electron chi connectivity index (χ3n) is 3.24. The molecule has 1 atom stereocenters. The molecular weight excluding hydrogens is 236 g/mol. The van der Waals surface area contributed by atoms with Gasteiger partial charge in [-0.15, -0.1) is 0 Å². The lowest BCUT2D eigenvalue weighted by Gasteiger charge is -2.06. The molecule has 1 unspecified atom stereocenters. The van der Waals surface area contributed by atoms with Gasteiger partial charge >= 0.3 is 0 Å². The molecule has 0 fully saturated rings. The average Bonchev–Trinajstić information content (AvgIpc) is 2.40. The summed E-state index contributed by atoms with van der Waals surface area (Å²) in [6.45, 7) is 1.83. The van der Waals surface area contributed by atoms with E-state index >= 15 is 0 Å². The minimum Gasteiger partial charge on any atom is -0.508 e. The van der Waals surface area contributed by atoms with Crippen molar-refractivity contribution in [1.29, 1.82) is 0 Å². The van der Waals surface area contributed by atoms with E-state index in [1.807, 2.05) is 19.1 Å². The zero-order chi connectivity index (χ0) is 13.7. The molecule has 2 aromatic carbocycles. The van der Waals surface area contributed by atoms with Crippen molar-refractivity contribution in [3.8, 4) is 16.9 Å². The highest BCUT2D eigenvalue weighted by Crippen LogP contribution is 2.22. The van der Waals surface area contributed by atoms with Crippen molar-refractivity contribution in [2.24, 2.45) is 0 Å². The molecular formula is C17H20O2. The van der Waals surface area contributed by atoms with Crippen LogP contribution in [0.3, 0.4) is 0 Å². The zero-order valence-electron chi connectivity index (χ0n) is 11.2. The molecule has 0 aliphatic carbocycles. The molecule has 0 bridgehead atoms. The standard InChI is InChI=1S/C17H20O2/c1-13(18)3-2-4-14-5-7-15(8-6-14)16-9-11-17(19)12-10-16/h5-13,18-19H,2-4H2,1H3.